The number of sulfone groups is 1. The second-order valence-corrected chi connectivity index (χ2v) is 6.61. The van der Waals surface area contributed by atoms with Crippen LogP contribution in [0.4, 0.5) is 8.78 Å². The van der Waals surface area contributed by atoms with Gasteiger partial charge in [-0.15, -0.1) is 0 Å². The summed E-state index contributed by atoms with van der Waals surface area (Å²) in [6.45, 7) is 0. The summed E-state index contributed by atoms with van der Waals surface area (Å²) in [5, 5.41) is 0.322. The average Bonchev–Trinajstić information content (AvgIpc) is 1.79. The van der Waals surface area contributed by atoms with Crippen LogP contribution in [0.5, 0.6) is 0 Å². The van der Waals surface area contributed by atoms with E-state index in [-0.39, 0.29) is 18.6 Å². The third kappa shape index (κ3) is 2.87. The van der Waals surface area contributed by atoms with Gasteiger partial charge in [0.1, 0.15) is 9.84 Å². The van der Waals surface area contributed by atoms with E-state index >= 15 is 0 Å². The van der Waals surface area contributed by atoms with Crippen LogP contribution in [0.15, 0.2) is 0 Å². The van der Waals surface area contributed by atoms with Crippen LogP contribution in [0.3, 0.4) is 0 Å². The molecular formula is C7H11BrF2O2S. The lowest BCUT2D eigenvalue weighted by atomic mass is 9.69. The monoisotopic (exact) mass is 276 g/mol. The van der Waals surface area contributed by atoms with Crippen molar-refractivity contribution in [2.24, 2.45) is 5.41 Å². The molecule has 1 aliphatic rings. The lowest BCUT2D eigenvalue weighted by molar-refractivity contribution is -0.142. The summed E-state index contributed by atoms with van der Waals surface area (Å²) in [6.07, 6.45) is 0.435. The molecule has 0 N–H and O–H groups in total. The van der Waals surface area contributed by atoms with Crippen molar-refractivity contribution in [2.45, 2.75) is 18.8 Å². The van der Waals surface area contributed by atoms with Crippen LogP contribution in [-0.4, -0.2) is 31.7 Å². The second kappa shape index (κ2) is 3.15. The largest absolute Gasteiger partial charge is 0.249 e. The molecule has 1 aliphatic carbocycles. The molecule has 0 amide bonds. The van der Waals surface area contributed by atoms with Gasteiger partial charge in [0.2, 0.25) is 5.92 Å². The molecule has 0 bridgehead atoms. The van der Waals surface area contributed by atoms with Gasteiger partial charge in [0.15, 0.2) is 0 Å². The molecule has 1 fully saturated rings. The molecule has 0 atom stereocenters. The Morgan fingerprint density at radius 3 is 2.08 bits per heavy atom. The number of alkyl halides is 3. The van der Waals surface area contributed by atoms with Crippen LogP contribution in [0.1, 0.15) is 12.8 Å². The maximum Gasteiger partial charge on any atom is 0.249 e. The molecule has 0 radical (unpaired) electrons. The zero-order valence-electron chi connectivity index (χ0n) is 7.19. The number of hydrogen-bond donors (Lipinski definition) is 0. The quantitative estimate of drug-likeness (QED) is 0.738. The van der Waals surface area contributed by atoms with Gasteiger partial charge in [-0.2, -0.15) is 0 Å². The topological polar surface area (TPSA) is 34.1 Å². The third-order valence-corrected chi connectivity index (χ3v) is 4.45. The lowest BCUT2D eigenvalue weighted by Crippen LogP contribution is -2.50. The molecule has 0 aliphatic heterocycles. The van der Waals surface area contributed by atoms with Gasteiger partial charge in [-0.25, -0.2) is 17.2 Å². The molecule has 0 aromatic carbocycles. The van der Waals surface area contributed by atoms with Gasteiger partial charge in [0.25, 0.3) is 0 Å². The highest BCUT2D eigenvalue weighted by molar-refractivity contribution is 9.09. The van der Waals surface area contributed by atoms with Gasteiger partial charge < -0.3 is 0 Å². The van der Waals surface area contributed by atoms with E-state index in [2.05, 4.69) is 15.9 Å². The first kappa shape index (κ1) is 11.4. The summed E-state index contributed by atoms with van der Waals surface area (Å²) >= 11 is 3.09. The SMILES string of the molecule is CS(=O)(=O)CC1(CBr)CC(F)(F)C1. The average molecular weight is 277 g/mol. The van der Waals surface area contributed by atoms with Gasteiger partial charge in [-0.05, 0) is 0 Å². The summed E-state index contributed by atoms with van der Waals surface area (Å²) in [5.74, 6) is -2.82. The number of halogens is 3. The van der Waals surface area contributed by atoms with Gasteiger partial charge in [0, 0.05) is 29.8 Å². The highest BCUT2D eigenvalue weighted by Gasteiger charge is 2.56. The van der Waals surface area contributed by atoms with Crippen LogP contribution in [0.25, 0.3) is 0 Å². The van der Waals surface area contributed by atoms with Crippen LogP contribution in [0.2, 0.25) is 0 Å². The van der Waals surface area contributed by atoms with E-state index in [0.717, 1.165) is 6.26 Å². The first-order valence-corrected chi connectivity index (χ1v) is 6.98. The smallest absolute Gasteiger partial charge is 0.229 e. The minimum Gasteiger partial charge on any atom is -0.229 e. The standard InChI is InChI=1S/C7H11BrF2O2S/c1-13(11,12)5-6(4-8)2-7(9,10)3-6/h2-5H2,1H3. The highest BCUT2D eigenvalue weighted by atomic mass is 79.9. The van der Waals surface area contributed by atoms with Crippen molar-refractivity contribution in [1.29, 1.82) is 0 Å². The zero-order chi connectivity index (χ0) is 10.3. The molecule has 0 aromatic heterocycles. The van der Waals surface area contributed by atoms with Crippen molar-refractivity contribution in [3.8, 4) is 0 Å². The van der Waals surface area contributed by atoms with Crippen molar-refractivity contribution >= 4 is 25.8 Å². The minimum absolute atomic E-state index is 0.152. The summed E-state index contributed by atoms with van der Waals surface area (Å²) in [6, 6.07) is 0. The first-order chi connectivity index (χ1) is 5.68. The number of rotatable bonds is 3. The fourth-order valence-electron chi connectivity index (χ4n) is 1.84. The Balaban J connectivity index is 2.67. The van der Waals surface area contributed by atoms with E-state index in [1.807, 2.05) is 0 Å². The molecule has 78 valence electrons. The van der Waals surface area contributed by atoms with E-state index in [0.29, 0.717) is 5.33 Å². The molecule has 0 aromatic rings. The molecule has 1 rings (SSSR count). The summed E-state index contributed by atoms with van der Waals surface area (Å²) in [7, 11) is -3.17. The molecule has 13 heavy (non-hydrogen) atoms. The lowest BCUT2D eigenvalue weighted by Gasteiger charge is -2.45. The minimum atomic E-state index is -3.17. The van der Waals surface area contributed by atoms with Gasteiger partial charge >= 0.3 is 0 Å². The van der Waals surface area contributed by atoms with Crippen LogP contribution >= 0.6 is 15.9 Å². The van der Waals surface area contributed by atoms with Gasteiger partial charge in [-0.3, -0.25) is 0 Å². The Kier molecular flexibility index (Phi) is 2.76. The fraction of sp³-hybridized carbons (Fsp3) is 1.00. The number of hydrogen-bond acceptors (Lipinski definition) is 2. The van der Waals surface area contributed by atoms with Crippen molar-refractivity contribution < 1.29 is 17.2 Å². The summed E-state index contributed by atoms with van der Waals surface area (Å²) < 4.78 is 47.0. The predicted octanol–water partition coefficient (Wildman–Crippen LogP) is 1.84. The Bertz CT molecular complexity index is 292. The molecule has 2 nitrogen and oxygen atoms in total. The zero-order valence-corrected chi connectivity index (χ0v) is 9.59. The Hall–Kier alpha value is 0.290. The fourth-order valence-corrected chi connectivity index (χ4v) is 4.11. The Morgan fingerprint density at radius 2 is 1.85 bits per heavy atom. The summed E-state index contributed by atoms with van der Waals surface area (Å²) in [4.78, 5) is 0. The Labute approximate surface area is 84.7 Å². The molecule has 0 unspecified atom stereocenters. The van der Waals surface area contributed by atoms with E-state index in [4.69, 9.17) is 0 Å². The van der Waals surface area contributed by atoms with Crippen molar-refractivity contribution in [3.05, 3.63) is 0 Å². The van der Waals surface area contributed by atoms with Crippen LogP contribution < -0.4 is 0 Å². The van der Waals surface area contributed by atoms with Gasteiger partial charge in [-0.1, -0.05) is 15.9 Å². The third-order valence-electron chi connectivity index (χ3n) is 2.12. The second-order valence-electron chi connectivity index (χ2n) is 3.91. The van der Waals surface area contributed by atoms with E-state index in [9.17, 15) is 17.2 Å². The normalized spacial score (nSPS) is 25.2. The predicted molar refractivity (Wildman–Crippen MR) is 50.1 cm³/mol. The first-order valence-electron chi connectivity index (χ1n) is 3.80. The molecular weight excluding hydrogens is 266 g/mol. The molecule has 1 saturated carbocycles. The maximum absolute atomic E-state index is 12.6. The van der Waals surface area contributed by atoms with Crippen molar-refractivity contribution in [3.63, 3.8) is 0 Å². The van der Waals surface area contributed by atoms with E-state index < -0.39 is 21.2 Å². The molecule has 0 spiro atoms. The van der Waals surface area contributed by atoms with Gasteiger partial charge in [0.05, 0.1) is 5.75 Å². The van der Waals surface area contributed by atoms with Crippen molar-refractivity contribution in [1.82, 2.24) is 0 Å². The Morgan fingerprint density at radius 1 is 1.38 bits per heavy atom. The maximum atomic E-state index is 12.6. The summed E-state index contributed by atoms with van der Waals surface area (Å²) in [5.41, 5.74) is -0.739. The van der Waals surface area contributed by atoms with Crippen molar-refractivity contribution in [2.75, 3.05) is 17.3 Å². The van der Waals surface area contributed by atoms with Crippen LogP contribution in [0, 0.1) is 5.41 Å². The molecule has 0 heterocycles. The van der Waals surface area contributed by atoms with Crippen LogP contribution in [-0.2, 0) is 9.84 Å². The molecule has 0 saturated heterocycles. The van der Waals surface area contributed by atoms with E-state index in [1.54, 1.807) is 0 Å². The molecule has 6 heteroatoms. The highest BCUT2D eigenvalue weighted by Crippen LogP contribution is 2.53. The van der Waals surface area contributed by atoms with E-state index in [1.165, 1.54) is 0 Å².